The van der Waals surface area contributed by atoms with Gasteiger partial charge in [-0.3, -0.25) is 0 Å². The molecule has 3 aromatic rings. The molecule has 0 aliphatic rings. The number of halogens is 1. The molecule has 4 heteroatoms. The van der Waals surface area contributed by atoms with E-state index in [1.165, 1.54) is 17.1 Å². The lowest BCUT2D eigenvalue weighted by Gasteiger charge is -2.07. The monoisotopic (exact) mass is 289 g/mol. The van der Waals surface area contributed by atoms with Crippen molar-refractivity contribution in [1.82, 2.24) is 4.37 Å². The average molecular weight is 290 g/mol. The first-order valence-electron chi connectivity index (χ1n) is 5.94. The number of ether oxygens (including phenoxy) is 1. The number of aryl methyl sites for hydroxylation is 2. The highest BCUT2D eigenvalue weighted by atomic mass is 35.5. The Morgan fingerprint density at radius 3 is 2.84 bits per heavy atom. The van der Waals surface area contributed by atoms with Crippen molar-refractivity contribution in [2.75, 3.05) is 0 Å². The third-order valence-electron chi connectivity index (χ3n) is 2.97. The highest BCUT2D eigenvalue weighted by Gasteiger charge is 2.11. The number of fused-ring (bicyclic) bond motifs is 1. The number of nitrogens with zero attached hydrogens (tertiary/aromatic N) is 1. The van der Waals surface area contributed by atoms with E-state index in [1.807, 2.05) is 38.1 Å². The number of aromatic nitrogens is 1. The van der Waals surface area contributed by atoms with Gasteiger partial charge in [0.15, 0.2) is 0 Å². The maximum Gasteiger partial charge on any atom is 0.207 e. The Kier molecular flexibility index (Phi) is 3.17. The fourth-order valence-corrected chi connectivity index (χ4v) is 2.93. The second kappa shape index (κ2) is 4.83. The minimum atomic E-state index is 0.657. The smallest absolute Gasteiger partial charge is 0.207 e. The van der Waals surface area contributed by atoms with Crippen LogP contribution >= 0.6 is 23.1 Å². The van der Waals surface area contributed by atoms with Crippen LogP contribution in [-0.4, -0.2) is 4.37 Å². The Morgan fingerprint density at radius 1 is 1.16 bits per heavy atom. The molecule has 2 aromatic carbocycles. The SMILES string of the molecule is Cc1ccc(C)c(Oc2snc3c(Cl)cccc23)c1. The molecule has 0 saturated heterocycles. The quantitative estimate of drug-likeness (QED) is 0.633. The van der Waals surface area contributed by atoms with Crippen molar-refractivity contribution >= 4 is 34.0 Å². The molecule has 2 nitrogen and oxygen atoms in total. The lowest BCUT2D eigenvalue weighted by molar-refractivity contribution is 0.497. The third-order valence-corrected chi connectivity index (χ3v) is 4.02. The summed E-state index contributed by atoms with van der Waals surface area (Å²) in [6.07, 6.45) is 0. The van der Waals surface area contributed by atoms with E-state index in [4.69, 9.17) is 16.3 Å². The Balaban J connectivity index is 2.06. The fourth-order valence-electron chi connectivity index (χ4n) is 1.90. The summed E-state index contributed by atoms with van der Waals surface area (Å²) in [6, 6.07) is 11.9. The highest BCUT2D eigenvalue weighted by molar-refractivity contribution is 7.09. The van der Waals surface area contributed by atoms with Gasteiger partial charge >= 0.3 is 0 Å². The molecule has 19 heavy (non-hydrogen) atoms. The van der Waals surface area contributed by atoms with Gasteiger partial charge in [0.05, 0.1) is 10.4 Å². The summed E-state index contributed by atoms with van der Waals surface area (Å²) in [5, 5.41) is 2.40. The van der Waals surface area contributed by atoms with Gasteiger partial charge < -0.3 is 4.74 Å². The predicted octanol–water partition coefficient (Wildman–Crippen LogP) is 5.36. The maximum absolute atomic E-state index is 6.12. The molecule has 0 aliphatic heterocycles. The molecule has 0 saturated carbocycles. The maximum atomic E-state index is 6.12. The van der Waals surface area contributed by atoms with Crippen LogP contribution in [0.4, 0.5) is 0 Å². The second-order valence-electron chi connectivity index (χ2n) is 4.48. The van der Waals surface area contributed by atoms with Crippen LogP contribution in [0.1, 0.15) is 11.1 Å². The summed E-state index contributed by atoms with van der Waals surface area (Å²) >= 11 is 7.45. The van der Waals surface area contributed by atoms with E-state index in [0.29, 0.717) is 5.02 Å². The first-order valence-corrected chi connectivity index (χ1v) is 7.09. The Labute approximate surface area is 120 Å². The summed E-state index contributed by atoms with van der Waals surface area (Å²) in [5.41, 5.74) is 3.08. The average Bonchev–Trinajstić information content (AvgIpc) is 2.79. The topological polar surface area (TPSA) is 22.1 Å². The molecule has 0 bridgehead atoms. The van der Waals surface area contributed by atoms with E-state index >= 15 is 0 Å². The van der Waals surface area contributed by atoms with Crippen molar-refractivity contribution in [3.8, 4) is 10.8 Å². The largest absolute Gasteiger partial charge is 0.444 e. The molecular formula is C15H12ClNOS. The summed E-state index contributed by atoms with van der Waals surface area (Å²) in [6.45, 7) is 4.08. The summed E-state index contributed by atoms with van der Waals surface area (Å²) in [4.78, 5) is 0. The van der Waals surface area contributed by atoms with Gasteiger partial charge in [0.25, 0.3) is 0 Å². The molecule has 3 rings (SSSR count). The summed E-state index contributed by atoms with van der Waals surface area (Å²) < 4.78 is 10.3. The zero-order valence-corrected chi connectivity index (χ0v) is 12.2. The van der Waals surface area contributed by atoms with Crippen LogP contribution in [0.5, 0.6) is 10.8 Å². The van der Waals surface area contributed by atoms with Gasteiger partial charge in [0, 0.05) is 11.5 Å². The number of hydrogen-bond acceptors (Lipinski definition) is 3. The molecule has 0 N–H and O–H groups in total. The van der Waals surface area contributed by atoms with Crippen molar-refractivity contribution in [2.24, 2.45) is 0 Å². The van der Waals surface area contributed by atoms with Crippen LogP contribution in [0, 0.1) is 13.8 Å². The van der Waals surface area contributed by atoms with Crippen LogP contribution < -0.4 is 4.74 Å². The molecule has 0 atom stereocenters. The first-order chi connectivity index (χ1) is 9.15. The van der Waals surface area contributed by atoms with Gasteiger partial charge in [-0.15, -0.1) is 0 Å². The Hall–Kier alpha value is -1.58. The van der Waals surface area contributed by atoms with E-state index in [1.54, 1.807) is 0 Å². The lowest BCUT2D eigenvalue weighted by Crippen LogP contribution is -1.86. The molecule has 0 radical (unpaired) electrons. The van der Waals surface area contributed by atoms with E-state index in [0.717, 1.165) is 27.3 Å². The second-order valence-corrected chi connectivity index (χ2v) is 5.62. The van der Waals surface area contributed by atoms with Crippen LogP contribution in [0.15, 0.2) is 36.4 Å². The molecule has 1 heterocycles. The van der Waals surface area contributed by atoms with Crippen LogP contribution in [0.3, 0.4) is 0 Å². The molecule has 0 unspecified atom stereocenters. The molecule has 0 amide bonds. The van der Waals surface area contributed by atoms with Gasteiger partial charge in [0.1, 0.15) is 11.3 Å². The summed E-state index contributed by atoms with van der Waals surface area (Å²) in [7, 11) is 0. The van der Waals surface area contributed by atoms with Gasteiger partial charge in [-0.25, -0.2) is 0 Å². The number of benzene rings is 2. The van der Waals surface area contributed by atoms with Crippen molar-refractivity contribution in [2.45, 2.75) is 13.8 Å². The Bertz CT molecular complexity index is 751. The molecular weight excluding hydrogens is 278 g/mol. The zero-order valence-electron chi connectivity index (χ0n) is 10.6. The summed E-state index contributed by atoms with van der Waals surface area (Å²) in [5.74, 6) is 0.866. The van der Waals surface area contributed by atoms with Crippen molar-refractivity contribution in [3.63, 3.8) is 0 Å². The fraction of sp³-hybridized carbons (Fsp3) is 0.133. The van der Waals surface area contributed by atoms with E-state index < -0.39 is 0 Å². The third kappa shape index (κ3) is 2.31. The van der Waals surface area contributed by atoms with Crippen molar-refractivity contribution in [3.05, 3.63) is 52.5 Å². The minimum Gasteiger partial charge on any atom is -0.444 e. The van der Waals surface area contributed by atoms with Gasteiger partial charge in [-0.05, 0) is 43.2 Å². The van der Waals surface area contributed by atoms with Crippen LogP contribution in [0.2, 0.25) is 5.02 Å². The normalized spacial score (nSPS) is 10.9. The lowest BCUT2D eigenvalue weighted by atomic mass is 10.1. The number of rotatable bonds is 2. The van der Waals surface area contributed by atoms with Gasteiger partial charge in [-0.2, -0.15) is 4.37 Å². The van der Waals surface area contributed by atoms with E-state index in [2.05, 4.69) is 16.5 Å². The molecule has 1 aromatic heterocycles. The highest BCUT2D eigenvalue weighted by Crippen LogP contribution is 2.37. The minimum absolute atomic E-state index is 0.657. The van der Waals surface area contributed by atoms with Gasteiger partial charge in [0.2, 0.25) is 5.06 Å². The zero-order chi connectivity index (χ0) is 13.4. The standard InChI is InChI=1S/C15H12ClNOS/c1-9-6-7-10(2)13(8-9)18-15-11-4-3-5-12(16)14(11)17-19-15/h3-8H,1-2H3. The molecule has 0 aliphatic carbocycles. The number of hydrogen-bond donors (Lipinski definition) is 0. The van der Waals surface area contributed by atoms with Crippen LogP contribution in [0.25, 0.3) is 10.9 Å². The molecule has 96 valence electrons. The van der Waals surface area contributed by atoms with Gasteiger partial charge in [-0.1, -0.05) is 29.8 Å². The van der Waals surface area contributed by atoms with Crippen molar-refractivity contribution < 1.29 is 4.74 Å². The molecule has 0 spiro atoms. The first kappa shape index (κ1) is 12.5. The molecule has 0 fully saturated rings. The van der Waals surface area contributed by atoms with E-state index in [-0.39, 0.29) is 0 Å². The van der Waals surface area contributed by atoms with E-state index in [9.17, 15) is 0 Å². The predicted molar refractivity (Wildman–Crippen MR) is 80.6 cm³/mol. The van der Waals surface area contributed by atoms with Crippen LogP contribution in [-0.2, 0) is 0 Å². The van der Waals surface area contributed by atoms with Crippen molar-refractivity contribution in [1.29, 1.82) is 0 Å². The Morgan fingerprint density at radius 2 is 2.00 bits per heavy atom.